The van der Waals surface area contributed by atoms with Crippen LogP contribution in [0.2, 0.25) is 0 Å². The van der Waals surface area contributed by atoms with Gasteiger partial charge in [-0.05, 0) is 0 Å². The minimum atomic E-state index is -0.633. The molecule has 0 aliphatic heterocycles. The molecule has 2 aromatic heterocycles. The minimum absolute atomic E-state index is 0.111. The number of imidazole rings is 1. The van der Waals surface area contributed by atoms with Crippen molar-refractivity contribution < 1.29 is 0 Å². The van der Waals surface area contributed by atoms with Crippen LogP contribution in [-0.4, -0.2) is 19.6 Å². The summed E-state index contributed by atoms with van der Waals surface area (Å²) in [4.78, 5) is 22.4. The van der Waals surface area contributed by atoms with Crippen LogP contribution in [0.15, 0.2) is 35.1 Å². The van der Waals surface area contributed by atoms with Crippen LogP contribution in [0.1, 0.15) is 0 Å². The van der Waals surface area contributed by atoms with Gasteiger partial charge in [0.05, 0.1) is 0 Å². The fourth-order valence-corrected chi connectivity index (χ4v) is 1.72. The standard InChI is InChI=1S/C11H10N6O/c12-8-7-10(16-11(18)17(8)13)15-9(14-7)6-4-2-1-3-5-6/h1-5H,12-13H2,(H,14,15,16,18). The zero-order valence-electron chi connectivity index (χ0n) is 9.29. The summed E-state index contributed by atoms with van der Waals surface area (Å²) >= 11 is 0. The van der Waals surface area contributed by atoms with Crippen LogP contribution in [0.3, 0.4) is 0 Å². The third-order valence-electron chi connectivity index (χ3n) is 2.66. The Morgan fingerprint density at radius 2 is 1.89 bits per heavy atom. The number of hydrogen-bond donors (Lipinski definition) is 3. The van der Waals surface area contributed by atoms with Gasteiger partial charge in [0, 0.05) is 5.56 Å². The number of aromatic amines is 1. The van der Waals surface area contributed by atoms with E-state index in [9.17, 15) is 4.79 Å². The molecule has 5 N–H and O–H groups in total. The van der Waals surface area contributed by atoms with Gasteiger partial charge in [-0.15, -0.1) is 0 Å². The van der Waals surface area contributed by atoms with Crippen LogP contribution in [0.25, 0.3) is 22.6 Å². The van der Waals surface area contributed by atoms with E-state index in [-0.39, 0.29) is 11.5 Å². The number of nitrogens with zero attached hydrogens (tertiary/aromatic N) is 3. The average molecular weight is 242 g/mol. The number of benzene rings is 1. The fourth-order valence-electron chi connectivity index (χ4n) is 1.72. The molecule has 7 heteroatoms. The second-order valence-corrected chi connectivity index (χ2v) is 3.80. The van der Waals surface area contributed by atoms with Crippen molar-refractivity contribution in [2.75, 3.05) is 11.6 Å². The Morgan fingerprint density at radius 1 is 1.17 bits per heavy atom. The molecular formula is C11H10N6O. The summed E-state index contributed by atoms with van der Waals surface area (Å²) in [5, 5.41) is 0. The van der Waals surface area contributed by atoms with Gasteiger partial charge in [0.25, 0.3) is 0 Å². The summed E-state index contributed by atoms with van der Waals surface area (Å²) in [6.45, 7) is 0. The van der Waals surface area contributed by atoms with Crippen molar-refractivity contribution in [3.8, 4) is 11.4 Å². The number of hydrogen-bond acceptors (Lipinski definition) is 5. The number of nitrogens with two attached hydrogens (primary N) is 2. The molecule has 0 saturated carbocycles. The van der Waals surface area contributed by atoms with Crippen LogP contribution in [0, 0.1) is 0 Å². The summed E-state index contributed by atoms with van der Waals surface area (Å²) in [5.41, 5.74) is 6.70. The quantitative estimate of drug-likeness (QED) is 0.523. The summed E-state index contributed by atoms with van der Waals surface area (Å²) in [6, 6.07) is 9.47. The lowest BCUT2D eigenvalue weighted by Gasteiger charge is -2.00. The SMILES string of the molecule is Nc1c2[nH]c(-c3ccccc3)nc2nc(=O)n1N. The highest BCUT2D eigenvalue weighted by Gasteiger charge is 2.12. The molecule has 0 bridgehead atoms. The van der Waals surface area contributed by atoms with Crippen molar-refractivity contribution in [1.29, 1.82) is 0 Å². The molecule has 0 aliphatic rings. The molecule has 7 nitrogen and oxygen atoms in total. The molecule has 18 heavy (non-hydrogen) atoms. The maximum Gasteiger partial charge on any atom is 0.369 e. The fraction of sp³-hybridized carbons (Fsp3) is 0. The highest BCUT2D eigenvalue weighted by atomic mass is 16.1. The lowest BCUT2D eigenvalue weighted by Crippen LogP contribution is -2.31. The molecule has 1 aromatic carbocycles. The summed E-state index contributed by atoms with van der Waals surface area (Å²) in [7, 11) is 0. The van der Waals surface area contributed by atoms with Gasteiger partial charge in [0.2, 0.25) is 0 Å². The number of aromatic nitrogens is 4. The first-order valence-electron chi connectivity index (χ1n) is 5.25. The van der Waals surface area contributed by atoms with E-state index in [2.05, 4.69) is 15.0 Å². The van der Waals surface area contributed by atoms with E-state index in [1.165, 1.54) is 0 Å². The van der Waals surface area contributed by atoms with Gasteiger partial charge in [-0.2, -0.15) is 9.66 Å². The van der Waals surface area contributed by atoms with Crippen LogP contribution in [-0.2, 0) is 0 Å². The van der Waals surface area contributed by atoms with Gasteiger partial charge in [0.1, 0.15) is 11.3 Å². The number of nitrogens with one attached hydrogen (secondary N) is 1. The highest BCUT2D eigenvalue weighted by Crippen LogP contribution is 2.20. The van der Waals surface area contributed by atoms with Crippen molar-refractivity contribution in [2.24, 2.45) is 0 Å². The Bertz CT molecular complexity index is 773. The summed E-state index contributed by atoms with van der Waals surface area (Å²) < 4.78 is 0.787. The number of fused-ring (bicyclic) bond motifs is 1. The first-order valence-corrected chi connectivity index (χ1v) is 5.25. The molecule has 0 spiro atoms. The molecular weight excluding hydrogens is 232 g/mol. The van der Waals surface area contributed by atoms with E-state index in [0.717, 1.165) is 10.2 Å². The second-order valence-electron chi connectivity index (χ2n) is 3.80. The largest absolute Gasteiger partial charge is 0.382 e. The first-order chi connectivity index (χ1) is 8.66. The highest BCUT2D eigenvalue weighted by molar-refractivity contribution is 5.84. The number of anilines is 1. The molecule has 0 unspecified atom stereocenters. The molecule has 0 amide bonds. The third-order valence-corrected chi connectivity index (χ3v) is 2.66. The van der Waals surface area contributed by atoms with Gasteiger partial charge >= 0.3 is 5.69 Å². The van der Waals surface area contributed by atoms with Crippen LogP contribution in [0.5, 0.6) is 0 Å². The molecule has 3 aromatic rings. The molecule has 0 radical (unpaired) electrons. The van der Waals surface area contributed by atoms with Crippen molar-refractivity contribution in [3.05, 3.63) is 40.8 Å². The molecule has 0 fully saturated rings. The van der Waals surface area contributed by atoms with Crippen molar-refractivity contribution >= 4 is 17.0 Å². The van der Waals surface area contributed by atoms with Gasteiger partial charge in [-0.25, -0.2) is 9.78 Å². The van der Waals surface area contributed by atoms with Gasteiger partial charge in [0.15, 0.2) is 11.5 Å². The predicted octanol–water partition coefficient (Wildman–Crippen LogP) is 0.0826. The van der Waals surface area contributed by atoms with E-state index in [1.807, 2.05) is 30.3 Å². The Balaban J connectivity index is 2.30. The molecule has 0 aliphatic carbocycles. The zero-order chi connectivity index (χ0) is 12.7. The van der Waals surface area contributed by atoms with Gasteiger partial charge in [-0.1, -0.05) is 30.3 Å². The van der Waals surface area contributed by atoms with E-state index >= 15 is 0 Å². The normalized spacial score (nSPS) is 10.9. The van der Waals surface area contributed by atoms with Crippen LogP contribution < -0.4 is 17.3 Å². The van der Waals surface area contributed by atoms with Crippen molar-refractivity contribution in [2.45, 2.75) is 0 Å². The number of H-pyrrole nitrogens is 1. The first kappa shape index (κ1) is 10.3. The summed E-state index contributed by atoms with van der Waals surface area (Å²) in [6.07, 6.45) is 0. The van der Waals surface area contributed by atoms with E-state index in [1.54, 1.807) is 0 Å². The summed E-state index contributed by atoms with van der Waals surface area (Å²) in [5.74, 6) is 6.17. The Morgan fingerprint density at radius 3 is 2.61 bits per heavy atom. The van der Waals surface area contributed by atoms with Crippen molar-refractivity contribution in [1.82, 2.24) is 19.6 Å². The molecule has 3 rings (SSSR count). The minimum Gasteiger partial charge on any atom is -0.382 e. The van der Waals surface area contributed by atoms with Gasteiger partial charge < -0.3 is 16.6 Å². The van der Waals surface area contributed by atoms with E-state index in [4.69, 9.17) is 11.6 Å². The maximum atomic E-state index is 11.4. The Labute approximate surface area is 101 Å². The monoisotopic (exact) mass is 242 g/mol. The average Bonchev–Trinajstić information content (AvgIpc) is 2.81. The Kier molecular flexibility index (Phi) is 2.06. The van der Waals surface area contributed by atoms with Gasteiger partial charge in [-0.3, -0.25) is 0 Å². The lowest BCUT2D eigenvalue weighted by atomic mass is 10.2. The second kappa shape index (κ2) is 3.59. The molecule has 0 atom stereocenters. The van der Waals surface area contributed by atoms with Crippen LogP contribution >= 0.6 is 0 Å². The predicted molar refractivity (Wildman–Crippen MR) is 68.1 cm³/mol. The number of nitrogen functional groups attached to an aromatic ring is 2. The lowest BCUT2D eigenvalue weighted by molar-refractivity contribution is 0.901. The van der Waals surface area contributed by atoms with Crippen LogP contribution in [0.4, 0.5) is 5.82 Å². The molecule has 90 valence electrons. The topological polar surface area (TPSA) is 116 Å². The third kappa shape index (κ3) is 1.41. The number of rotatable bonds is 1. The smallest absolute Gasteiger partial charge is 0.369 e. The van der Waals surface area contributed by atoms with Crippen molar-refractivity contribution in [3.63, 3.8) is 0 Å². The molecule has 0 saturated heterocycles. The Hall–Kier alpha value is -2.83. The zero-order valence-corrected chi connectivity index (χ0v) is 9.29. The van der Waals surface area contributed by atoms with E-state index < -0.39 is 5.69 Å². The van der Waals surface area contributed by atoms with E-state index in [0.29, 0.717) is 11.3 Å². The molecule has 2 heterocycles. The maximum absolute atomic E-state index is 11.4.